The highest BCUT2D eigenvalue weighted by molar-refractivity contribution is 8.00. The molecule has 150 valence electrons. The van der Waals surface area contributed by atoms with E-state index in [9.17, 15) is 9.59 Å². The Kier molecular flexibility index (Phi) is 6.72. The Balaban J connectivity index is 1.78. The monoisotopic (exact) mass is 409 g/mol. The lowest BCUT2D eigenvalue weighted by Crippen LogP contribution is -2.31. The van der Waals surface area contributed by atoms with Gasteiger partial charge >= 0.3 is 0 Å². The summed E-state index contributed by atoms with van der Waals surface area (Å²) in [5, 5.41) is 3.53. The second kappa shape index (κ2) is 9.43. The summed E-state index contributed by atoms with van der Waals surface area (Å²) >= 11 is 1.25. The van der Waals surface area contributed by atoms with Gasteiger partial charge in [0.15, 0.2) is 5.16 Å². The topological polar surface area (TPSA) is 73.2 Å². The first-order valence-electron chi connectivity index (χ1n) is 9.22. The number of carbonyl (C=O) groups excluding carboxylic acids is 1. The number of para-hydroxylation sites is 2. The molecule has 7 heteroatoms. The number of nitrogens with one attached hydrogen (secondary N) is 1. The van der Waals surface area contributed by atoms with Crippen LogP contribution in [0, 0.1) is 0 Å². The Morgan fingerprint density at radius 3 is 2.76 bits per heavy atom. The van der Waals surface area contributed by atoms with Gasteiger partial charge in [-0.05, 0) is 25.1 Å². The van der Waals surface area contributed by atoms with Crippen LogP contribution in [0.15, 0.2) is 71.1 Å². The minimum Gasteiger partial charge on any atom is -0.496 e. The number of methoxy groups -OCH3 is 1. The van der Waals surface area contributed by atoms with Crippen LogP contribution in [0.25, 0.3) is 10.9 Å². The average molecular weight is 410 g/mol. The second-order valence-electron chi connectivity index (χ2n) is 6.41. The maximum Gasteiger partial charge on any atom is 0.262 e. The summed E-state index contributed by atoms with van der Waals surface area (Å²) in [4.78, 5) is 30.0. The molecule has 3 rings (SSSR count). The van der Waals surface area contributed by atoms with E-state index >= 15 is 0 Å². The standard InChI is InChI=1S/C22H23N3O3S/c1-4-13-25-21(27)17-10-6-7-11-18(17)24-22(25)29-15(2)20(26)23-14-16-9-5-8-12-19(16)28-3/h4-12,15H,1,13-14H2,2-3H3,(H,23,26)/t15-/m1/s1. The summed E-state index contributed by atoms with van der Waals surface area (Å²) in [7, 11) is 1.60. The van der Waals surface area contributed by atoms with Crippen molar-refractivity contribution < 1.29 is 9.53 Å². The fourth-order valence-electron chi connectivity index (χ4n) is 2.91. The number of hydrogen-bond acceptors (Lipinski definition) is 5. The summed E-state index contributed by atoms with van der Waals surface area (Å²) in [6, 6.07) is 14.7. The van der Waals surface area contributed by atoms with E-state index in [-0.39, 0.29) is 11.5 Å². The lowest BCUT2D eigenvalue weighted by molar-refractivity contribution is -0.120. The van der Waals surface area contributed by atoms with E-state index in [0.717, 1.165) is 11.3 Å². The molecule has 0 radical (unpaired) electrons. The van der Waals surface area contributed by atoms with E-state index in [0.29, 0.717) is 29.1 Å². The number of carbonyl (C=O) groups is 1. The van der Waals surface area contributed by atoms with Crippen molar-refractivity contribution in [3.63, 3.8) is 0 Å². The molecule has 1 heterocycles. The Morgan fingerprint density at radius 1 is 1.28 bits per heavy atom. The van der Waals surface area contributed by atoms with Gasteiger partial charge in [-0.1, -0.05) is 48.2 Å². The normalized spacial score (nSPS) is 11.8. The second-order valence-corrected chi connectivity index (χ2v) is 7.71. The molecule has 1 N–H and O–H groups in total. The molecule has 0 fully saturated rings. The van der Waals surface area contributed by atoms with Crippen molar-refractivity contribution in [1.29, 1.82) is 0 Å². The van der Waals surface area contributed by atoms with Gasteiger partial charge in [0.2, 0.25) is 5.91 Å². The van der Waals surface area contributed by atoms with Crippen molar-refractivity contribution in [2.75, 3.05) is 7.11 Å². The Hall–Kier alpha value is -3.06. The lowest BCUT2D eigenvalue weighted by Gasteiger charge is -2.16. The zero-order valence-corrected chi connectivity index (χ0v) is 17.2. The molecule has 0 aliphatic carbocycles. The molecule has 1 amide bonds. The van der Waals surface area contributed by atoms with Crippen LogP contribution >= 0.6 is 11.8 Å². The van der Waals surface area contributed by atoms with Crippen LogP contribution in [0.1, 0.15) is 12.5 Å². The van der Waals surface area contributed by atoms with Crippen LogP contribution in [0.4, 0.5) is 0 Å². The number of hydrogen-bond donors (Lipinski definition) is 1. The molecule has 29 heavy (non-hydrogen) atoms. The predicted molar refractivity (Wildman–Crippen MR) is 116 cm³/mol. The summed E-state index contributed by atoms with van der Waals surface area (Å²) in [6.45, 7) is 6.20. The van der Waals surface area contributed by atoms with E-state index in [1.807, 2.05) is 36.4 Å². The van der Waals surface area contributed by atoms with Gasteiger partial charge in [-0.25, -0.2) is 4.98 Å². The molecule has 2 aromatic carbocycles. The molecule has 0 bridgehead atoms. The molecule has 0 aliphatic rings. The van der Waals surface area contributed by atoms with Gasteiger partial charge in [-0.15, -0.1) is 6.58 Å². The third-order valence-corrected chi connectivity index (χ3v) is 5.53. The van der Waals surface area contributed by atoms with Gasteiger partial charge in [0, 0.05) is 18.7 Å². The van der Waals surface area contributed by atoms with E-state index in [1.165, 1.54) is 11.8 Å². The van der Waals surface area contributed by atoms with Crippen molar-refractivity contribution >= 4 is 28.6 Å². The average Bonchev–Trinajstić information content (AvgIpc) is 2.74. The fourth-order valence-corrected chi connectivity index (χ4v) is 3.86. The molecule has 1 atom stereocenters. The summed E-state index contributed by atoms with van der Waals surface area (Å²) in [5.41, 5.74) is 1.37. The minimum atomic E-state index is -0.436. The van der Waals surface area contributed by atoms with Gasteiger partial charge in [0.1, 0.15) is 5.75 Å². The first-order valence-corrected chi connectivity index (χ1v) is 10.1. The third-order valence-electron chi connectivity index (χ3n) is 4.44. The van der Waals surface area contributed by atoms with Crippen LogP contribution in [-0.4, -0.2) is 27.8 Å². The smallest absolute Gasteiger partial charge is 0.262 e. The molecule has 0 saturated carbocycles. The number of thioether (sulfide) groups is 1. The van der Waals surface area contributed by atoms with E-state index in [1.54, 1.807) is 36.8 Å². The third kappa shape index (κ3) is 4.68. The number of allylic oxidation sites excluding steroid dienone is 1. The molecule has 0 unspecified atom stereocenters. The highest BCUT2D eigenvalue weighted by Crippen LogP contribution is 2.23. The molecule has 0 saturated heterocycles. The van der Waals surface area contributed by atoms with Crippen molar-refractivity contribution in [2.24, 2.45) is 0 Å². The molecular formula is C22H23N3O3S. The van der Waals surface area contributed by atoms with E-state index in [2.05, 4.69) is 16.9 Å². The van der Waals surface area contributed by atoms with Crippen molar-refractivity contribution in [3.8, 4) is 5.75 Å². The number of rotatable bonds is 8. The molecule has 0 aliphatic heterocycles. The molecule has 3 aromatic rings. The van der Waals surface area contributed by atoms with Gasteiger partial charge in [0.25, 0.3) is 5.56 Å². The van der Waals surface area contributed by atoms with Gasteiger partial charge in [-0.2, -0.15) is 0 Å². The number of fused-ring (bicyclic) bond motifs is 1. The van der Waals surface area contributed by atoms with E-state index < -0.39 is 5.25 Å². The van der Waals surface area contributed by atoms with Crippen LogP contribution in [0.3, 0.4) is 0 Å². The lowest BCUT2D eigenvalue weighted by atomic mass is 10.2. The van der Waals surface area contributed by atoms with E-state index in [4.69, 9.17) is 4.74 Å². The van der Waals surface area contributed by atoms with Crippen molar-refractivity contribution in [1.82, 2.24) is 14.9 Å². The summed E-state index contributed by atoms with van der Waals surface area (Å²) in [5.74, 6) is 0.581. The maximum atomic E-state index is 12.8. The van der Waals surface area contributed by atoms with Crippen LogP contribution < -0.4 is 15.6 Å². The largest absolute Gasteiger partial charge is 0.496 e. The summed E-state index contributed by atoms with van der Waals surface area (Å²) in [6.07, 6.45) is 1.65. The highest BCUT2D eigenvalue weighted by Gasteiger charge is 2.19. The first-order chi connectivity index (χ1) is 14.0. The predicted octanol–water partition coefficient (Wildman–Crippen LogP) is 3.39. The molecule has 1 aromatic heterocycles. The number of amides is 1. The molecular weight excluding hydrogens is 386 g/mol. The van der Waals surface area contributed by atoms with Crippen molar-refractivity contribution in [2.45, 2.75) is 30.4 Å². The SMILES string of the molecule is C=CCn1c(S[C@H](C)C(=O)NCc2ccccc2OC)nc2ccccc2c1=O. The molecule has 0 spiro atoms. The van der Waals surface area contributed by atoms with Crippen LogP contribution in [0.5, 0.6) is 5.75 Å². The summed E-state index contributed by atoms with van der Waals surface area (Å²) < 4.78 is 6.86. The fraction of sp³-hybridized carbons (Fsp3) is 0.227. The molecule has 6 nitrogen and oxygen atoms in total. The maximum absolute atomic E-state index is 12.8. The zero-order valence-electron chi connectivity index (χ0n) is 16.4. The number of aromatic nitrogens is 2. The minimum absolute atomic E-state index is 0.139. The zero-order chi connectivity index (χ0) is 20.8. The van der Waals surface area contributed by atoms with Gasteiger partial charge in [0.05, 0.1) is 23.3 Å². The van der Waals surface area contributed by atoms with Crippen molar-refractivity contribution in [3.05, 3.63) is 77.1 Å². The first kappa shape index (κ1) is 20.7. The Morgan fingerprint density at radius 2 is 2.00 bits per heavy atom. The van der Waals surface area contributed by atoms with Crippen LogP contribution in [-0.2, 0) is 17.9 Å². The Bertz CT molecular complexity index is 1090. The number of ether oxygens (including phenoxy) is 1. The number of benzene rings is 2. The number of nitrogens with zero attached hydrogens (tertiary/aromatic N) is 2. The van der Waals surface area contributed by atoms with Gasteiger partial charge in [-0.3, -0.25) is 14.2 Å². The highest BCUT2D eigenvalue weighted by atomic mass is 32.2. The van der Waals surface area contributed by atoms with Gasteiger partial charge < -0.3 is 10.1 Å². The van der Waals surface area contributed by atoms with Crippen LogP contribution in [0.2, 0.25) is 0 Å². The quantitative estimate of drug-likeness (QED) is 0.351. The Labute approximate surface area is 173 Å².